The molecule has 2 aromatic rings. The van der Waals surface area contributed by atoms with Crippen molar-refractivity contribution in [3.63, 3.8) is 0 Å². The molecule has 1 aromatic heterocycles. The van der Waals surface area contributed by atoms with Crippen LogP contribution in [0.15, 0.2) is 30.5 Å². The molecule has 0 saturated heterocycles. The van der Waals surface area contributed by atoms with Gasteiger partial charge in [0.15, 0.2) is 0 Å². The highest BCUT2D eigenvalue weighted by Crippen LogP contribution is 2.25. The Labute approximate surface area is 121 Å². The molecule has 0 spiro atoms. The molecule has 3 nitrogen and oxygen atoms in total. The van der Waals surface area contributed by atoms with Crippen LogP contribution in [0.3, 0.4) is 0 Å². The molecule has 1 aromatic carbocycles. The molecule has 1 N–H and O–H groups in total. The lowest BCUT2D eigenvalue weighted by atomic mass is 10.1. The molecular formula is C17H22N2O. The van der Waals surface area contributed by atoms with Crippen LogP contribution in [0.2, 0.25) is 0 Å². The zero-order valence-electron chi connectivity index (χ0n) is 12.7. The molecule has 0 bridgehead atoms. The van der Waals surface area contributed by atoms with Gasteiger partial charge in [0.25, 0.3) is 0 Å². The van der Waals surface area contributed by atoms with Crippen LogP contribution in [0.25, 0.3) is 0 Å². The van der Waals surface area contributed by atoms with E-state index in [2.05, 4.69) is 43.2 Å². The summed E-state index contributed by atoms with van der Waals surface area (Å²) < 4.78 is 5.90. The summed E-state index contributed by atoms with van der Waals surface area (Å²) in [5, 5.41) is 3.30. The number of aryl methyl sites for hydroxylation is 3. The lowest BCUT2D eigenvalue weighted by Crippen LogP contribution is -2.12. The Bertz CT molecular complexity index is 573. The van der Waals surface area contributed by atoms with Crippen LogP contribution in [0.1, 0.15) is 29.2 Å². The number of pyridine rings is 1. The summed E-state index contributed by atoms with van der Waals surface area (Å²) in [6.07, 6.45) is 1.87. The molecule has 0 unspecified atom stereocenters. The van der Waals surface area contributed by atoms with Gasteiger partial charge in [-0.15, -0.1) is 0 Å². The Morgan fingerprint density at radius 2 is 1.75 bits per heavy atom. The predicted molar refractivity (Wildman–Crippen MR) is 82.3 cm³/mol. The Kier molecular flexibility index (Phi) is 4.74. The number of benzene rings is 1. The van der Waals surface area contributed by atoms with Crippen LogP contribution in [0.4, 0.5) is 0 Å². The van der Waals surface area contributed by atoms with Gasteiger partial charge in [-0.25, -0.2) is 4.98 Å². The number of ether oxygens (including phenoxy) is 1. The van der Waals surface area contributed by atoms with Crippen molar-refractivity contribution in [2.75, 3.05) is 6.54 Å². The monoisotopic (exact) mass is 270 g/mol. The van der Waals surface area contributed by atoms with E-state index in [1.807, 2.05) is 25.3 Å². The quantitative estimate of drug-likeness (QED) is 0.894. The van der Waals surface area contributed by atoms with Crippen molar-refractivity contribution in [2.45, 2.75) is 34.2 Å². The Balaban J connectivity index is 2.16. The van der Waals surface area contributed by atoms with Gasteiger partial charge in [-0.2, -0.15) is 0 Å². The highest BCUT2D eigenvalue weighted by atomic mass is 16.5. The van der Waals surface area contributed by atoms with E-state index in [-0.39, 0.29) is 0 Å². The molecule has 0 radical (unpaired) electrons. The van der Waals surface area contributed by atoms with Crippen LogP contribution in [-0.4, -0.2) is 11.5 Å². The average molecular weight is 270 g/mol. The van der Waals surface area contributed by atoms with Gasteiger partial charge in [-0.1, -0.05) is 13.0 Å². The van der Waals surface area contributed by atoms with Crippen molar-refractivity contribution >= 4 is 0 Å². The molecule has 0 amide bonds. The second kappa shape index (κ2) is 6.53. The Morgan fingerprint density at radius 1 is 1.05 bits per heavy atom. The minimum absolute atomic E-state index is 0.676. The van der Waals surface area contributed by atoms with Gasteiger partial charge in [-0.3, -0.25) is 0 Å². The summed E-state index contributed by atoms with van der Waals surface area (Å²) >= 11 is 0. The number of rotatable bonds is 5. The van der Waals surface area contributed by atoms with Gasteiger partial charge in [0.05, 0.1) is 0 Å². The molecule has 0 aliphatic carbocycles. The molecule has 3 heteroatoms. The van der Waals surface area contributed by atoms with Crippen molar-refractivity contribution in [3.05, 3.63) is 52.7 Å². The smallest absolute Gasteiger partial charge is 0.222 e. The van der Waals surface area contributed by atoms with Gasteiger partial charge in [0, 0.05) is 18.3 Å². The van der Waals surface area contributed by atoms with Gasteiger partial charge in [-0.05, 0) is 62.2 Å². The first-order valence-electron chi connectivity index (χ1n) is 7.01. The Morgan fingerprint density at radius 3 is 2.35 bits per heavy atom. The number of nitrogens with zero attached hydrogens (tertiary/aromatic N) is 1. The topological polar surface area (TPSA) is 34.2 Å². The molecule has 106 valence electrons. The third kappa shape index (κ3) is 3.81. The summed E-state index contributed by atoms with van der Waals surface area (Å²) in [5.74, 6) is 1.52. The second-order valence-corrected chi connectivity index (χ2v) is 5.17. The fourth-order valence-corrected chi connectivity index (χ4v) is 2.20. The van der Waals surface area contributed by atoms with Crippen molar-refractivity contribution in [1.29, 1.82) is 0 Å². The first-order chi connectivity index (χ1) is 9.58. The van der Waals surface area contributed by atoms with Gasteiger partial charge >= 0.3 is 0 Å². The van der Waals surface area contributed by atoms with Gasteiger partial charge < -0.3 is 10.1 Å². The summed E-state index contributed by atoms with van der Waals surface area (Å²) in [5.41, 5.74) is 4.62. The molecule has 0 fully saturated rings. The molecule has 1 heterocycles. The van der Waals surface area contributed by atoms with E-state index in [1.54, 1.807) is 0 Å². The van der Waals surface area contributed by atoms with Crippen LogP contribution in [0.5, 0.6) is 11.6 Å². The average Bonchev–Trinajstić information content (AvgIpc) is 2.38. The van der Waals surface area contributed by atoms with Crippen molar-refractivity contribution in [1.82, 2.24) is 10.3 Å². The second-order valence-electron chi connectivity index (χ2n) is 5.17. The van der Waals surface area contributed by atoms with Crippen molar-refractivity contribution in [2.24, 2.45) is 0 Å². The van der Waals surface area contributed by atoms with Gasteiger partial charge in [0.1, 0.15) is 5.75 Å². The maximum Gasteiger partial charge on any atom is 0.222 e. The molecule has 0 atom stereocenters. The fraction of sp³-hybridized carbons (Fsp3) is 0.353. The summed E-state index contributed by atoms with van der Waals surface area (Å²) in [7, 11) is 0. The lowest BCUT2D eigenvalue weighted by molar-refractivity contribution is 0.457. The first-order valence-corrected chi connectivity index (χ1v) is 7.01. The van der Waals surface area contributed by atoms with E-state index < -0.39 is 0 Å². The van der Waals surface area contributed by atoms with Gasteiger partial charge in [0.2, 0.25) is 5.88 Å². The number of hydrogen-bond donors (Lipinski definition) is 1. The third-order valence-electron chi connectivity index (χ3n) is 3.08. The normalized spacial score (nSPS) is 10.6. The maximum absolute atomic E-state index is 5.90. The molecule has 0 saturated carbocycles. The van der Waals surface area contributed by atoms with E-state index in [0.717, 1.165) is 24.4 Å². The first kappa shape index (κ1) is 14.5. The molecule has 0 aliphatic heterocycles. The highest BCUT2D eigenvalue weighted by Gasteiger charge is 2.05. The fourth-order valence-electron chi connectivity index (χ4n) is 2.20. The van der Waals surface area contributed by atoms with Crippen LogP contribution in [0, 0.1) is 20.8 Å². The van der Waals surface area contributed by atoms with Crippen molar-refractivity contribution in [3.8, 4) is 11.6 Å². The number of aromatic nitrogens is 1. The Hall–Kier alpha value is -1.87. The number of hydrogen-bond acceptors (Lipinski definition) is 3. The van der Waals surface area contributed by atoms with Crippen LogP contribution in [-0.2, 0) is 6.54 Å². The number of nitrogens with one attached hydrogen (secondary N) is 1. The van der Waals surface area contributed by atoms with Crippen molar-refractivity contribution < 1.29 is 4.74 Å². The minimum atomic E-state index is 0.676. The van der Waals surface area contributed by atoms with E-state index in [9.17, 15) is 0 Å². The SMILES string of the molecule is CCNCc1cnc(Oc2cc(C)cc(C)c2)c(C)c1. The summed E-state index contributed by atoms with van der Waals surface area (Å²) in [4.78, 5) is 4.42. The minimum Gasteiger partial charge on any atom is -0.439 e. The summed E-state index contributed by atoms with van der Waals surface area (Å²) in [6, 6.07) is 8.31. The van der Waals surface area contributed by atoms with E-state index in [0.29, 0.717) is 5.88 Å². The van der Waals surface area contributed by atoms with Crippen LogP contribution < -0.4 is 10.1 Å². The zero-order chi connectivity index (χ0) is 14.5. The maximum atomic E-state index is 5.90. The zero-order valence-corrected chi connectivity index (χ0v) is 12.7. The molecule has 2 rings (SSSR count). The predicted octanol–water partition coefficient (Wildman–Crippen LogP) is 3.91. The van der Waals surface area contributed by atoms with Crippen LogP contribution >= 0.6 is 0 Å². The third-order valence-corrected chi connectivity index (χ3v) is 3.08. The molecular weight excluding hydrogens is 248 g/mol. The lowest BCUT2D eigenvalue weighted by Gasteiger charge is -2.10. The molecule has 0 aliphatic rings. The van der Waals surface area contributed by atoms with E-state index in [1.165, 1.54) is 16.7 Å². The van der Waals surface area contributed by atoms with E-state index >= 15 is 0 Å². The standard InChI is InChI=1S/C17H22N2O/c1-5-18-10-15-9-14(4)17(19-11-15)20-16-7-12(2)6-13(3)8-16/h6-9,11,18H,5,10H2,1-4H3. The van der Waals surface area contributed by atoms with E-state index in [4.69, 9.17) is 4.74 Å². The largest absolute Gasteiger partial charge is 0.439 e. The summed E-state index contributed by atoms with van der Waals surface area (Å²) in [6.45, 7) is 10.1. The highest BCUT2D eigenvalue weighted by molar-refractivity contribution is 5.37. The molecule has 20 heavy (non-hydrogen) atoms.